The van der Waals surface area contributed by atoms with E-state index in [1.54, 1.807) is 0 Å². The summed E-state index contributed by atoms with van der Waals surface area (Å²) in [6.45, 7) is 11.1. The number of carbonyl (C=O) groups excluding carboxylic acids is 1. The van der Waals surface area contributed by atoms with Gasteiger partial charge in [0.1, 0.15) is 5.60 Å². The molecular weight excluding hydrogens is 262 g/mol. The fourth-order valence-corrected chi connectivity index (χ4v) is 6.28. The van der Waals surface area contributed by atoms with E-state index in [1.165, 1.54) is 38.5 Å². The van der Waals surface area contributed by atoms with Gasteiger partial charge in [0.15, 0.2) is 0 Å². The maximum atomic E-state index is 12.0. The summed E-state index contributed by atoms with van der Waals surface area (Å²) in [5.74, 6) is 0.732. The molecular formula is C18H31NO2. The number of esters is 1. The van der Waals surface area contributed by atoms with Gasteiger partial charge in [-0.25, -0.2) is 0 Å². The van der Waals surface area contributed by atoms with Gasteiger partial charge in [0.05, 0.1) is 6.54 Å². The smallest absolute Gasteiger partial charge is 0.320 e. The van der Waals surface area contributed by atoms with Crippen LogP contribution in [0.2, 0.25) is 0 Å². The first-order valence-corrected chi connectivity index (χ1v) is 8.48. The molecule has 0 unspecified atom stereocenters. The van der Waals surface area contributed by atoms with E-state index in [2.05, 4.69) is 19.2 Å². The molecule has 4 fully saturated rings. The molecule has 0 heterocycles. The van der Waals surface area contributed by atoms with Crippen LogP contribution in [0.4, 0.5) is 0 Å². The summed E-state index contributed by atoms with van der Waals surface area (Å²) in [5, 5.41) is 3.63. The summed E-state index contributed by atoms with van der Waals surface area (Å²) in [5.41, 5.74) is 0.752. The van der Waals surface area contributed by atoms with Crippen LogP contribution in [0.1, 0.15) is 73.1 Å². The Balaban J connectivity index is 1.67. The van der Waals surface area contributed by atoms with E-state index in [-0.39, 0.29) is 11.5 Å². The van der Waals surface area contributed by atoms with Crippen molar-refractivity contribution in [1.82, 2.24) is 5.32 Å². The number of hydrogen-bond donors (Lipinski definition) is 1. The third-order valence-electron chi connectivity index (χ3n) is 5.65. The maximum absolute atomic E-state index is 12.0. The topological polar surface area (TPSA) is 38.3 Å². The third kappa shape index (κ3) is 3.13. The van der Waals surface area contributed by atoms with Gasteiger partial charge in [-0.05, 0) is 76.0 Å². The maximum Gasteiger partial charge on any atom is 0.320 e. The summed E-state index contributed by atoms with van der Waals surface area (Å²) < 4.78 is 5.45. The van der Waals surface area contributed by atoms with Crippen LogP contribution in [0.5, 0.6) is 0 Å². The van der Waals surface area contributed by atoms with Crippen LogP contribution in [0.3, 0.4) is 0 Å². The highest BCUT2D eigenvalue weighted by atomic mass is 16.6. The molecule has 0 aromatic carbocycles. The van der Waals surface area contributed by atoms with Gasteiger partial charge in [0, 0.05) is 5.54 Å². The Morgan fingerprint density at radius 3 is 2.14 bits per heavy atom. The largest absolute Gasteiger partial charge is 0.459 e. The Labute approximate surface area is 129 Å². The van der Waals surface area contributed by atoms with E-state index in [9.17, 15) is 4.79 Å². The zero-order valence-electron chi connectivity index (χ0n) is 14.3. The van der Waals surface area contributed by atoms with Gasteiger partial charge < -0.3 is 10.1 Å². The highest BCUT2D eigenvalue weighted by Gasteiger charge is 2.59. The Hall–Kier alpha value is -0.570. The lowest BCUT2D eigenvalue weighted by Crippen LogP contribution is -2.64. The Kier molecular flexibility index (Phi) is 3.26. The first-order chi connectivity index (χ1) is 9.51. The van der Waals surface area contributed by atoms with E-state index in [4.69, 9.17) is 4.74 Å². The third-order valence-corrected chi connectivity index (χ3v) is 5.65. The number of carbonyl (C=O) groups is 1. The lowest BCUT2D eigenvalue weighted by molar-refractivity contribution is -0.157. The molecule has 2 atom stereocenters. The van der Waals surface area contributed by atoms with E-state index in [0.29, 0.717) is 17.4 Å². The molecule has 4 aliphatic carbocycles. The summed E-state index contributed by atoms with van der Waals surface area (Å²) in [6, 6.07) is 0. The molecule has 4 bridgehead atoms. The quantitative estimate of drug-likeness (QED) is 0.807. The second kappa shape index (κ2) is 4.47. The van der Waals surface area contributed by atoms with Crippen LogP contribution in [-0.2, 0) is 9.53 Å². The van der Waals surface area contributed by atoms with Gasteiger partial charge >= 0.3 is 5.97 Å². The van der Waals surface area contributed by atoms with Crippen LogP contribution in [-0.4, -0.2) is 23.7 Å². The molecule has 0 radical (unpaired) electrons. The summed E-state index contributed by atoms with van der Waals surface area (Å²) in [7, 11) is 0. The molecule has 120 valence electrons. The van der Waals surface area contributed by atoms with Gasteiger partial charge in [-0.15, -0.1) is 0 Å². The summed E-state index contributed by atoms with van der Waals surface area (Å²) >= 11 is 0. The first kappa shape index (κ1) is 15.3. The van der Waals surface area contributed by atoms with Crippen molar-refractivity contribution in [3.05, 3.63) is 0 Å². The number of ether oxygens (including phenoxy) is 1. The van der Waals surface area contributed by atoms with Gasteiger partial charge in [0.25, 0.3) is 0 Å². The van der Waals surface area contributed by atoms with Gasteiger partial charge in [0.2, 0.25) is 0 Å². The van der Waals surface area contributed by atoms with Crippen molar-refractivity contribution < 1.29 is 9.53 Å². The van der Waals surface area contributed by atoms with Crippen molar-refractivity contribution in [2.45, 2.75) is 84.3 Å². The van der Waals surface area contributed by atoms with E-state index < -0.39 is 5.60 Å². The van der Waals surface area contributed by atoms with E-state index in [1.807, 2.05) is 20.8 Å². The first-order valence-electron chi connectivity index (χ1n) is 8.48. The Bertz CT molecular complexity index is 433. The number of hydrogen-bond acceptors (Lipinski definition) is 3. The molecule has 3 heteroatoms. The van der Waals surface area contributed by atoms with E-state index in [0.717, 1.165) is 5.92 Å². The second-order valence-electron chi connectivity index (χ2n) is 9.85. The fourth-order valence-electron chi connectivity index (χ4n) is 6.28. The molecule has 0 saturated heterocycles. The molecule has 4 rings (SSSR count). The standard InChI is InChI=1S/C18H31NO2/c1-15(2,3)21-14(20)9-19-18-8-13-6-16(4,11-18)10-17(5,7-13)12-18/h13,19H,6-12H2,1-5H3/t13?,16-,17-,18?/m0/s1. The van der Waals surface area contributed by atoms with Gasteiger partial charge in [-0.2, -0.15) is 0 Å². The van der Waals surface area contributed by atoms with Crippen molar-refractivity contribution in [2.24, 2.45) is 16.7 Å². The van der Waals surface area contributed by atoms with Gasteiger partial charge in [-0.3, -0.25) is 4.79 Å². The Morgan fingerprint density at radius 2 is 1.67 bits per heavy atom. The normalized spacial score (nSPS) is 44.9. The minimum absolute atomic E-state index is 0.117. The molecule has 4 saturated carbocycles. The minimum Gasteiger partial charge on any atom is -0.459 e. The SMILES string of the molecule is CC(C)(C)OC(=O)CNC12CC3C[C@](C)(C1)C[C@](C)(C3)C2. The Morgan fingerprint density at radius 1 is 1.10 bits per heavy atom. The highest BCUT2D eigenvalue weighted by molar-refractivity contribution is 5.72. The predicted octanol–water partition coefficient (Wildman–Crippen LogP) is 3.67. The van der Waals surface area contributed by atoms with Crippen molar-refractivity contribution in [3.8, 4) is 0 Å². The molecule has 0 aliphatic heterocycles. The molecule has 3 nitrogen and oxygen atoms in total. The molecule has 0 amide bonds. The molecule has 1 N–H and O–H groups in total. The second-order valence-corrected chi connectivity index (χ2v) is 9.85. The molecule has 0 spiro atoms. The molecule has 4 aliphatic rings. The number of rotatable bonds is 3. The van der Waals surface area contributed by atoms with Crippen LogP contribution < -0.4 is 5.32 Å². The lowest BCUT2D eigenvalue weighted by Gasteiger charge is -2.65. The van der Waals surface area contributed by atoms with Crippen LogP contribution in [0, 0.1) is 16.7 Å². The minimum atomic E-state index is -0.391. The zero-order chi connectivity index (χ0) is 15.5. The average molecular weight is 293 g/mol. The zero-order valence-corrected chi connectivity index (χ0v) is 14.3. The van der Waals surface area contributed by atoms with Gasteiger partial charge in [-0.1, -0.05) is 13.8 Å². The van der Waals surface area contributed by atoms with Crippen molar-refractivity contribution >= 4 is 5.97 Å². The predicted molar refractivity (Wildman–Crippen MR) is 84.0 cm³/mol. The summed E-state index contributed by atoms with van der Waals surface area (Å²) in [6.07, 6.45) is 7.86. The molecule has 21 heavy (non-hydrogen) atoms. The van der Waals surface area contributed by atoms with Crippen LogP contribution in [0.15, 0.2) is 0 Å². The number of nitrogens with one attached hydrogen (secondary N) is 1. The average Bonchev–Trinajstić information content (AvgIpc) is 2.18. The highest BCUT2D eigenvalue weighted by Crippen LogP contribution is 2.66. The van der Waals surface area contributed by atoms with E-state index >= 15 is 0 Å². The fraction of sp³-hybridized carbons (Fsp3) is 0.944. The lowest BCUT2D eigenvalue weighted by atomic mass is 9.43. The molecule has 0 aromatic rings. The monoisotopic (exact) mass is 293 g/mol. The van der Waals surface area contributed by atoms with Crippen molar-refractivity contribution in [1.29, 1.82) is 0 Å². The van der Waals surface area contributed by atoms with Crippen molar-refractivity contribution in [3.63, 3.8) is 0 Å². The van der Waals surface area contributed by atoms with Crippen LogP contribution >= 0.6 is 0 Å². The van der Waals surface area contributed by atoms with Crippen molar-refractivity contribution in [2.75, 3.05) is 6.54 Å². The summed E-state index contributed by atoms with van der Waals surface area (Å²) in [4.78, 5) is 12.0. The molecule has 0 aromatic heterocycles. The van der Waals surface area contributed by atoms with Crippen LogP contribution in [0.25, 0.3) is 0 Å².